The van der Waals surface area contributed by atoms with E-state index in [4.69, 9.17) is 10.2 Å². The van der Waals surface area contributed by atoms with E-state index < -0.39 is 12.0 Å². The van der Waals surface area contributed by atoms with E-state index in [1.165, 1.54) is 0 Å². The van der Waals surface area contributed by atoms with E-state index in [2.05, 4.69) is 20.3 Å². The number of para-hydroxylation sites is 1. The Bertz CT molecular complexity index is 1710. The number of rotatable bonds is 6. The minimum absolute atomic E-state index is 0.172. The van der Waals surface area contributed by atoms with Gasteiger partial charge >= 0.3 is 5.97 Å². The number of aryl methyl sites for hydroxylation is 1. The molecule has 4 N–H and O–H groups in total. The van der Waals surface area contributed by atoms with Gasteiger partial charge in [0.05, 0.1) is 0 Å². The van der Waals surface area contributed by atoms with Crippen LogP contribution in [0.2, 0.25) is 0 Å². The Hall–Kier alpha value is -4.99. The average molecular weight is 523 g/mol. The van der Waals surface area contributed by atoms with E-state index in [-0.39, 0.29) is 18.2 Å². The highest BCUT2D eigenvalue weighted by molar-refractivity contribution is 6.06. The molecule has 0 saturated carbocycles. The maximum absolute atomic E-state index is 12.9. The molecular weight excluding hydrogens is 496 g/mol. The molecule has 0 unspecified atom stereocenters. The number of anilines is 3. The summed E-state index contributed by atoms with van der Waals surface area (Å²) in [6.45, 7) is 2.13. The first-order chi connectivity index (χ1) is 18.9. The molecule has 2 atom stereocenters. The molecule has 0 aliphatic carbocycles. The van der Waals surface area contributed by atoms with E-state index in [0.29, 0.717) is 52.8 Å². The van der Waals surface area contributed by atoms with E-state index in [0.717, 1.165) is 16.5 Å². The molecule has 1 aliphatic rings. The molecule has 1 fully saturated rings. The van der Waals surface area contributed by atoms with Crippen LogP contribution in [0, 0.1) is 12.8 Å². The molecular formula is C29H26N6O4. The molecule has 1 amide bonds. The lowest BCUT2D eigenvalue weighted by atomic mass is 10.0. The highest BCUT2D eigenvalue weighted by Gasteiger charge is 2.40. The van der Waals surface area contributed by atoms with Crippen LogP contribution in [0.1, 0.15) is 18.7 Å². The lowest BCUT2D eigenvalue weighted by Gasteiger charge is -2.22. The standard InChI is InChI=1S/C29H26N6O4/c1-16-32-25-21-5-2-3-7-23(21)39-26(25)28(33-16)35-15-17(13-22(35)29(37)38)14-24(36)34-19-10-8-18(9-11-19)20-6-4-12-31-27(20)30/h2-12,17,22H,13-15H2,1H3,(H2,30,31)(H,34,36)(H,37,38)/t17-,22+/m1/s1. The van der Waals surface area contributed by atoms with Gasteiger partial charge in [-0.15, -0.1) is 0 Å². The Labute approximate surface area is 223 Å². The van der Waals surface area contributed by atoms with Gasteiger partial charge in [0.15, 0.2) is 11.4 Å². The SMILES string of the molecule is Cc1nc(N2C[C@@H](CC(=O)Nc3ccc(-c4cccnc4N)cc3)C[C@H]2C(=O)O)c2oc3ccccc3c2n1. The van der Waals surface area contributed by atoms with Gasteiger partial charge < -0.3 is 25.5 Å². The Kier molecular flexibility index (Phi) is 6.07. The molecule has 10 heteroatoms. The average Bonchev–Trinajstić information content (AvgIpc) is 3.51. The van der Waals surface area contributed by atoms with E-state index in [1.54, 1.807) is 18.0 Å². The predicted octanol–water partition coefficient (Wildman–Crippen LogP) is 4.64. The lowest BCUT2D eigenvalue weighted by Crippen LogP contribution is -2.36. The van der Waals surface area contributed by atoms with Crippen LogP contribution in [0.3, 0.4) is 0 Å². The van der Waals surface area contributed by atoms with Crippen LogP contribution in [0.15, 0.2) is 71.3 Å². The van der Waals surface area contributed by atoms with Gasteiger partial charge in [0.25, 0.3) is 0 Å². The van der Waals surface area contributed by atoms with Crippen molar-refractivity contribution in [3.63, 3.8) is 0 Å². The summed E-state index contributed by atoms with van der Waals surface area (Å²) < 4.78 is 6.07. The maximum atomic E-state index is 12.9. The number of benzene rings is 2. The highest BCUT2D eigenvalue weighted by Crippen LogP contribution is 2.38. The number of carbonyl (C=O) groups is 2. The van der Waals surface area contributed by atoms with Crippen molar-refractivity contribution in [2.24, 2.45) is 5.92 Å². The highest BCUT2D eigenvalue weighted by atomic mass is 16.4. The molecule has 3 aromatic heterocycles. The number of aromatic nitrogens is 3. The first-order valence-electron chi connectivity index (χ1n) is 12.6. The number of amides is 1. The monoisotopic (exact) mass is 522 g/mol. The summed E-state index contributed by atoms with van der Waals surface area (Å²) in [7, 11) is 0. The second-order valence-corrected chi connectivity index (χ2v) is 9.74. The van der Waals surface area contributed by atoms with Crippen molar-refractivity contribution in [2.45, 2.75) is 25.8 Å². The topological polar surface area (TPSA) is 147 Å². The first kappa shape index (κ1) is 24.4. The number of pyridine rings is 1. The summed E-state index contributed by atoms with van der Waals surface area (Å²) in [4.78, 5) is 40.1. The van der Waals surface area contributed by atoms with Crippen molar-refractivity contribution in [3.8, 4) is 11.1 Å². The molecule has 2 aromatic carbocycles. The van der Waals surface area contributed by atoms with Crippen molar-refractivity contribution in [1.82, 2.24) is 15.0 Å². The van der Waals surface area contributed by atoms with Crippen molar-refractivity contribution >= 4 is 51.3 Å². The van der Waals surface area contributed by atoms with Crippen LogP contribution in [-0.2, 0) is 9.59 Å². The Morgan fingerprint density at radius 2 is 1.90 bits per heavy atom. The number of nitrogen functional groups attached to an aromatic ring is 1. The fourth-order valence-corrected chi connectivity index (χ4v) is 5.29. The number of nitrogens with one attached hydrogen (secondary N) is 1. The zero-order chi connectivity index (χ0) is 27.1. The number of carbonyl (C=O) groups excluding carboxylic acids is 1. The van der Waals surface area contributed by atoms with E-state index in [9.17, 15) is 14.7 Å². The van der Waals surface area contributed by atoms with Crippen LogP contribution in [0.25, 0.3) is 33.2 Å². The van der Waals surface area contributed by atoms with Crippen LogP contribution < -0.4 is 16.0 Å². The number of nitrogens with zero attached hydrogens (tertiary/aromatic N) is 4. The van der Waals surface area contributed by atoms with Gasteiger partial charge in [0.2, 0.25) is 5.91 Å². The largest absolute Gasteiger partial charge is 0.480 e. The second-order valence-electron chi connectivity index (χ2n) is 9.74. The normalized spacial score (nSPS) is 17.1. The van der Waals surface area contributed by atoms with Crippen molar-refractivity contribution in [1.29, 1.82) is 0 Å². The maximum Gasteiger partial charge on any atom is 0.326 e. The third-order valence-electron chi connectivity index (χ3n) is 7.05. The summed E-state index contributed by atoms with van der Waals surface area (Å²) in [6.07, 6.45) is 2.12. The number of carboxylic acids is 1. The van der Waals surface area contributed by atoms with Gasteiger partial charge in [-0.1, -0.05) is 24.3 Å². The predicted molar refractivity (Wildman–Crippen MR) is 148 cm³/mol. The third-order valence-corrected chi connectivity index (χ3v) is 7.05. The van der Waals surface area contributed by atoms with Crippen LogP contribution in [0.4, 0.5) is 17.3 Å². The second kappa shape index (κ2) is 9.71. The van der Waals surface area contributed by atoms with Crippen molar-refractivity contribution < 1.29 is 19.1 Å². The van der Waals surface area contributed by atoms with Crippen LogP contribution >= 0.6 is 0 Å². The summed E-state index contributed by atoms with van der Waals surface area (Å²) in [5, 5.41) is 13.8. The summed E-state index contributed by atoms with van der Waals surface area (Å²) in [5.74, 6) is 0.0540. The zero-order valence-electron chi connectivity index (χ0n) is 21.2. The quantitative estimate of drug-likeness (QED) is 0.290. The zero-order valence-corrected chi connectivity index (χ0v) is 21.2. The summed E-state index contributed by atoms with van der Waals surface area (Å²) in [6, 6.07) is 17.8. The number of hydrogen-bond donors (Lipinski definition) is 3. The number of nitrogens with two attached hydrogens (primary N) is 1. The van der Waals surface area contributed by atoms with Gasteiger partial charge in [-0.05, 0) is 61.2 Å². The number of aliphatic carboxylic acids is 1. The van der Waals surface area contributed by atoms with Gasteiger partial charge in [-0.2, -0.15) is 0 Å². The number of fused-ring (bicyclic) bond motifs is 3. The van der Waals surface area contributed by atoms with E-state index >= 15 is 0 Å². The van der Waals surface area contributed by atoms with Gasteiger partial charge in [0.1, 0.15) is 28.8 Å². The molecule has 4 heterocycles. The number of furan rings is 1. The molecule has 5 aromatic rings. The molecule has 6 rings (SSSR count). The number of carboxylic acid groups (broad SMARTS) is 1. The summed E-state index contributed by atoms with van der Waals surface area (Å²) in [5.41, 5.74) is 10.1. The van der Waals surface area contributed by atoms with Gasteiger partial charge in [-0.3, -0.25) is 4.79 Å². The van der Waals surface area contributed by atoms with Crippen LogP contribution in [-0.4, -0.2) is 44.5 Å². The van der Waals surface area contributed by atoms with E-state index in [1.807, 2.05) is 60.7 Å². The molecule has 1 aliphatic heterocycles. The molecule has 10 nitrogen and oxygen atoms in total. The molecule has 1 saturated heterocycles. The molecule has 0 spiro atoms. The van der Waals surface area contributed by atoms with Gasteiger partial charge in [-0.25, -0.2) is 19.7 Å². The summed E-state index contributed by atoms with van der Waals surface area (Å²) >= 11 is 0. The van der Waals surface area contributed by atoms with Crippen molar-refractivity contribution in [2.75, 3.05) is 22.5 Å². The van der Waals surface area contributed by atoms with Gasteiger partial charge in [0, 0.05) is 35.8 Å². The minimum atomic E-state index is -0.969. The lowest BCUT2D eigenvalue weighted by molar-refractivity contribution is -0.138. The van der Waals surface area contributed by atoms with Crippen molar-refractivity contribution in [3.05, 3.63) is 72.7 Å². The number of hydrogen-bond acceptors (Lipinski definition) is 8. The fourth-order valence-electron chi connectivity index (χ4n) is 5.29. The smallest absolute Gasteiger partial charge is 0.326 e. The first-order valence-corrected chi connectivity index (χ1v) is 12.6. The Morgan fingerprint density at radius 1 is 1.10 bits per heavy atom. The third kappa shape index (κ3) is 4.61. The minimum Gasteiger partial charge on any atom is -0.480 e. The molecule has 0 radical (unpaired) electrons. The van der Waals surface area contributed by atoms with Crippen LogP contribution in [0.5, 0.6) is 0 Å². The Morgan fingerprint density at radius 3 is 2.67 bits per heavy atom. The molecule has 0 bridgehead atoms. The Balaban J connectivity index is 1.20. The fraction of sp³-hybridized carbons (Fsp3) is 0.207. The molecule has 196 valence electrons. The molecule has 39 heavy (non-hydrogen) atoms.